The van der Waals surface area contributed by atoms with E-state index in [1.165, 1.54) is 36.4 Å². The average molecular weight is 423 g/mol. The van der Waals surface area contributed by atoms with Crippen LogP contribution in [0.4, 0.5) is 16.5 Å². The van der Waals surface area contributed by atoms with Crippen molar-refractivity contribution >= 4 is 45.6 Å². The Kier molecular flexibility index (Phi) is 5.02. The van der Waals surface area contributed by atoms with Gasteiger partial charge in [0, 0.05) is 36.1 Å². The molecule has 0 aliphatic carbocycles. The van der Waals surface area contributed by atoms with Crippen LogP contribution in [0.15, 0.2) is 48.5 Å². The summed E-state index contributed by atoms with van der Waals surface area (Å²) in [5.41, 5.74) is 1.18. The first-order valence-corrected chi connectivity index (χ1v) is 9.59. The van der Waals surface area contributed by atoms with Crippen LogP contribution in [0.5, 0.6) is 0 Å². The molecule has 0 atom stereocenters. The van der Waals surface area contributed by atoms with E-state index in [-0.39, 0.29) is 35.5 Å². The summed E-state index contributed by atoms with van der Waals surface area (Å²) in [6.45, 7) is 0. The average Bonchev–Trinajstić information content (AvgIpc) is 3.34. The summed E-state index contributed by atoms with van der Waals surface area (Å²) in [6.07, 6.45) is 0.371. The molecule has 11 heteroatoms. The molecule has 2 heterocycles. The smallest absolute Gasteiger partial charge is 0.270 e. The van der Waals surface area contributed by atoms with Gasteiger partial charge in [-0.05, 0) is 24.3 Å². The first kappa shape index (κ1) is 19.3. The van der Waals surface area contributed by atoms with Gasteiger partial charge in [-0.3, -0.25) is 34.7 Å². The van der Waals surface area contributed by atoms with E-state index < -0.39 is 10.8 Å². The normalized spacial score (nSPS) is 13.5. The Morgan fingerprint density at radius 1 is 1.07 bits per heavy atom. The Balaban J connectivity index is 1.47. The van der Waals surface area contributed by atoms with Gasteiger partial charge in [0.2, 0.25) is 16.9 Å². The predicted octanol–water partition coefficient (Wildman–Crippen LogP) is 3.02. The zero-order valence-corrected chi connectivity index (χ0v) is 16.1. The molecule has 1 aliphatic rings. The summed E-state index contributed by atoms with van der Waals surface area (Å²) in [7, 11) is 0. The highest BCUT2D eigenvalue weighted by Crippen LogP contribution is 2.29. The molecule has 1 aromatic heterocycles. The third-order valence-electron chi connectivity index (χ3n) is 4.39. The lowest BCUT2D eigenvalue weighted by Gasteiger charge is -2.13. The minimum atomic E-state index is -0.500. The summed E-state index contributed by atoms with van der Waals surface area (Å²) in [6, 6.07) is 12.0. The molecule has 0 saturated carbocycles. The molecule has 1 fully saturated rings. The van der Waals surface area contributed by atoms with Gasteiger partial charge in [0.25, 0.3) is 11.6 Å². The largest absolute Gasteiger partial charge is 0.296 e. The molecule has 4 rings (SSSR count). The Bertz CT molecular complexity index is 1160. The van der Waals surface area contributed by atoms with Crippen LogP contribution in [-0.2, 0) is 9.59 Å². The zero-order chi connectivity index (χ0) is 21.3. The van der Waals surface area contributed by atoms with Gasteiger partial charge in [0.1, 0.15) is 5.01 Å². The Morgan fingerprint density at radius 2 is 1.77 bits per heavy atom. The monoisotopic (exact) mass is 423 g/mol. The number of nitrogens with zero attached hydrogens (tertiary/aromatic N) is 4. The number of benzene rings is 2. The van der Waals surface area contributed by atoms with Gasteiger partial charge in [-0.2, -0.15) is 0 Å². The lowest BCUT2D eigenvalue weighted by atomic mass is 10.2. The topological polar surface area (TPSA) is 135 Å². The Hall–Kier alpha value is -3.99. The second kappa shape index (κ2) is 7.79. The first-order chi connectivity index (χ1) is 14.4. The number of carbonyl (C=O) groups excluding carboxylic acids is 3. The molecule has 150 valence electrons. The predicted molar refractivity (Wildman–Crippen MR) is 108 cm³/mol. The van der Waals surface area contributed by atoms with E-state index in [1.54, 1.807) is 12.1 Å². The van der Waals surface area contributed by atoms with Crippen molar-refractivity contribution in [3.63, 3.8) is 0 Å². The van der Waals surface area contributed by atoms with Gasteiger partial charge in [-0.15, -0.1) is 10.2 Å². The number of rotatable bonds is 5. The van der Waals surface area contributed by atoms with Crippen molar-refractivity contribution in [2.45, 2.75) is 12.8 Å². The summed E-state index contributed by atoms with van der Waals surface area (Å²) in [5, 5.41) is 22.1. The molecule has 30 heavy (non-hydrogen) atoms. The van der Waals surface area contributed by atoms with Crippen LogP contribution in [0.25, 0.3) is 10.6 Å². The van der Waals surface area contributed by atoms with Gasteiger partial charge < -0.3 is 0 Å². The molecule has 10 nitrogen and oxygen atoms in total. The van der Waals surface area contributed by atoms with E-state index in [1.807, 2.05) is 0 Å². The number of hydrogen-bond donors (Lipinski definition) is 1. The van der Waals surface area contributed by atoms with Crippen molar-refractivity contribution in [3.8, 4) is 10.6 Å². The summed E-state index contributed by atoms with van der Waals surface area (Å²) >= 11 is 1.08. The lowest BCUT2D eigenvalue weighted by Crippen LogP contribution is -2.28. The maximum atomic E-state index is 12.5. The third kappa shape index (κ3) is 3.78. The number of amides is 3. The fourth-order valence-electron chi connectivity index (χ4n) is 2.94. The van der Waals surface area contributed by atoms with Crippen LogP contribution in [0, 0.1) is 10.1 Å². The number of anilines is 2. The summed E-state index contributed by atoms with van der Waals surface area (Å²) in [4.78, 5) is 47.6. The molecule has 0 unspecified atom stereocenters. The van der Waals surface area contributed by atoms with E-state index in [2.05, 4.69) is 15.5 Å². The highest BCUT2D eigenvalue weighted by atomic mass is 32.1. The number of nitro groups is 1. The van der Waals surface area contributed by atoms with Gasteiger partial charge >= 0.3 is 0 Å². The molecule has 1 aliphatic heterocycles. The number of nitro benzene ring substituents is 1. The van der Waals surface area contributed by atoms with Crippen molar-refractivity contribution in [1.29, 1.82) is 0 Å². The summed E-state index contributed by atoms with van der Waals surface area (Å²) < 4.78 is 0. The van der Waals surface area contributed by atoms with Crippen molar-refractivity contribution in [3.05, 3.63) is 64.2 Å². The number of non-ortho nitro benzene ring substituents is 1. The maximum absolute atomic E-state index is 12.5. The van der Waals surface area contributed by atoms with E-state index in [4.69, 9.17) is 0 Å². The molecular weight excluding hydrogens is 410 g/mol. The SMILES string of the molecule is O=C(Nc1nnc(-c2cccc([N+](=O)[O-])c2)s1)c1ccc(N2C(=O)CCC2=O)cc1. The quantitative estimate of drug-likeness (QED) is 0.378. The highest BCUT2D eigenvalue weighted by Gasteiger charge is 2.30. The maximum Gasteiger partial charge on any atom is 0.270 e. The van der Waals surface area contributed by atoms with Crippen molar-refractivity contribution in [2.75, 3.05) is 10.2 Å². The van der Waals surface area contributed by atoms with Gasteiger partial charge in [0.15, 0.2) is 0 Å². The molecule has 0 radical (unpaired) electrons. The molecule has 1 N–H and O–H groups in total. The van der Waals surface area contributed by atoms with Gasteiger partial charge in [-0.1, -0.05) is 23.5 Å². The number of imide groups is 1. The van der Waals surface area contributed by atoms with Crippen LogP contribution in [0.2, 0.25) is 0 Å². The fraction of sp³-hybridized carbons (Fsp3) is 0.105. The summed E-state index contributed by atoms with van der Waals surface area (Å²) in [5.74, 6) is -0.971. The number of carbonyl (C=O) groups is 3. The number of hydrogen-bond acceptors (Lipinski definition) is 8. The van der Waals surface area contributed by atoms with Gasteiger partial charge in [-0.25, -0.2) is 0 Å². The van der Waals surface area contributed by atoms with Crippen LogP contribution >= 0.6 is 11.3 Å². The number of nitrogens with one attached hydrogen (secondary N) is 1. The van der Waals surface area contributed by atoms with Crippen molar-refractivity contribution in [1.82, 2.24) is 10.2 Å². The standard InChI is InChI=1S/C19H13N5O5S/c25-15-8-9-16(26)23(15)13-6-4-11(5-7-13)17(27)20-19-22-21-18(30-19)12-2-1-3-14(10-12)24(28)29/h1-7,10H,8-9H2,(H,20,22,27). The molecule has 1 saturated heterocycles. The van der Waals surface area contributed by atoms with Crippen LogP contribution < -0.4 is 10.2 Å². The minimum Gasteiger partial charge on any atom is -0.296 e. The Morgan fingerprint density at radius 3 is 2.43 bits per heavy atom. The van der Waals surface area contributed by atoms with E-state index in [0.717, 1.165) is 16.2 Å². The number of aromatic nitrogens is 2. The van der Waals surface area contributed by atoms with Gasteiger partial charge in [0.05, 0.1) is 10.6 Å². The lowest BCUT2D eigenvalue weighted by molar-refractivity contribution is -0.384. The van der Waals surface area contributed by atoms with Crippen LogP contribution in [0.1, 0.15) is 23.2 Å². The molecular formula is C19H13N5O5S. The van der Waals surface area contributed by atoms with E-state index >= 15 is 0 Å². The van der Waals surface area contributed by atoms with E-state index in [9.17, 15) is 24.5 Å². The molecule has 0 bridgehead atoms. The molecule has 3 aromatic rings. The zero-order valence-electron chi connectivity index (χ0n) is 15.3. The van der Waals surface area contributed by atoms with Crippen LogP contribution in [0.3, 0.4) is 0 Å². The second-order valence-corrected chi connectivity index (χ2v) is 7.32. The molecule has 2 aromatic carbocycles. The molecule has 0 spiro atoms. The van der Waals surface area contributed by atoms with E-state index in [0.29, 0.717) is 21.8 Å². The Labute approximate surface area is 173 Å². The fourth-order valence-corrected chi connectivity index (χ4v) is 3.67. The first-order valence-electron chi connectivity index (χ1n) is 8.78. The van der Waals surface area contributed by atoms with Crippen molar-refractivity contribution in [2.24, 2.45) is 0 Å². The highest BCUT2D eigenvalue weighted by molar-refractivity contribution is 7.18. The van der Waals surface area contributed by atoms with Crippen molar-refractivity contribution < 1.29 is 19.3 Å². The second-order valence-electron chi connectivity index (χ2n) is 6.34. The minimum absolute atomic E-state index is 0.0664. The molecule has 3 amide bonds. The van der Waals surface area contributed by atoms with Crippen LogP contribution in [-0.4, -0.2) is 32.8 Å². The third-order valence-corrected chi connectivity index (χ3v) is 5.28.